The van der Waals surface area contributed by atoms with Gasteiger partial charge in [0.2, 0.25) is 0 Å². The molecule has 3 rings (SSSR count). The molecule has 0 spiro atoms. The lowest BCUT2D eigenvalue weighted by Crippen LogP contribution is -2.23. The minimum Gasteiger partial charge on any atom is -0.478 e. The molecule has 100 valence electrons. The zero-order valence-corrected chi connectivity index (χ0v) is 11.6. The van der Waals surface area contributed by atoms with Crippen molar-refractivity contribution in [3.05, 3.63) is 30.1 Å². The Bertz CT molecular complexity index is 629. The smallest absolute Gasteiger partial charge is 0.335 e. The van der Waals surface area contributed by atoms with E-state index in [0.29, 0.717) is 5.56 Å². The van der Waals surface area contributed by atoms with E-state index in [4.69, 9.17) is 5.11 Å². The Morgan fingerprint density at radius 1 is 1.58 bits per heavy atom. The molecule has 1 aromatic heterocycles. The Morgan fingerprint density at radius 2 is 2.42 bits per heavy atom. The fourth-order valence-corrected chi connectivity index (χ4v) is 3.94. The van der Waals surface area contributed by atoms with E-state index in [1.54, 1.807) is 18.2 Å². The molecule has 1 unspecified atom stereocenters. The fourth-order valence-electron chi connectivity index (χ4n) is 2.64. The SMILES string of the molecule is CC1(Cn2cnc3ccc(C(=O)O)cc32)CCCS1. The van der Waals surface area contributed by atoms with E-state index in [9.17, 15) is 4.79 Å². The van der Waals surface area contributed by atoms with Gasteiger partial charge in [0.05, 0.1) is 22.9 Å². The van der Waals surface area contributed by atoms with Gasteiger partial charge in [-0.3, -0.25) is 0 Å². The first-order valence-electron chi connectivity index (χ1n) is 6.40. The van der Waals surface area contributed by atoms with Crippen LogP contribution in [-0.2, 0) is 6.54 Å². The topological polar surface area (TPSA) is 55.1 Å². The summed E-state index contributed by atoms with van der Waals surface area (Å²) in [7, 11) is 0. The molecule has 1 N–H and O–H groups in total. The van der Waals surface area contributed by atoms with E-state index in [-0.39, 0.29) is 4.75 Å². The van der Waals surface area contributed by atoms with Crippen LogP contribution in [-0.4, -0.2) is 31.1 Å². The van der Waals surface area contributed by atoms with Crippen LogP contribution in [0.4, 0.5) is 0 Å². The lowest BCUT2D eigenvalue weighted by Gasteiger charge is -2.23. The number of carboxylic acids is 1. The van der Waals surface area contributed by atoms with Crippen molar-refractivity contribution in [3.63, 3.8) is 0 Å². The van der Waals surface area contributed by atoms with Gasteiger partial charge in [0, 0.05) is 11.3 Å². The first kappa shape index (κ1) is 12.5. The van der Waals surface area contributed by atoms with E-state index in [2.05, 4.69) is 16.5 Å². The highest BCUT2D eigenvalue weighted by Gasteiger charge is 2.30. The first-order chi connectivity index (χ1) is 9.07. The third-order valence-electron chi connectivity index (χ3n) is 3.67. The van der Waals surface area contributed by atoms with E-state index in [0.717, 1.165) is 17.6 Å². The molecule has 0 amide bonds. The molecule has 19 heavy (non-hydrogen) atoms. The summed E-state index contributed by atoms with van der Waals surface area (Å²) in [5, 5.41) is 9.07. The number of benzene rings is 1. The van der Waals surface area contributed by atoms with Crippen LogP contribution >= 0.6 is 11.8 Å². The van der Waals surface area contributed by atoms with Crippen molar-refractivity contribution in [2.24, 2.45) is 0 Å². The van der Waals surface area contributed by atoms with Crippen LogP contribution in [0.25, 0.3) is 11.0 Å². The zero-order chi connectivity index (χ0) is 13.5. The summed E-state index contributed by atoms with van der Waals surface area (Å²) in [4.78, 5) is 15.4. The Morgan fingerprint density at radius 3 is 3.11 bits per heavy atom. The fraction of sp³-hybridized carbons (Fsp3) is 0.429. The van der Waals surface area contributed by atoms with E-state index in [1.165, 1.54) is 18.6 Å². The van der Waals surface area contributed by atoms with Crippen molar-refractivity contribution in [1.82, 2.24) is 9.55 Å². The highest BCUT2D eigenvalue weighted by atomic mass is 32.2. The molecule has 0 aliphatic carbocycles. The third kappa shape index (κ3) is 2.34. The van der Waals surface area contributed by atoms with Gasteiger partial charge in [-0.05, 0) is 43.7 Å². The number of hydrogen-bond donors (Lipinski definition) is 1. The molecule has 2 heterocycles. The van der Waals surface area contributed by atoms with Gasteiger partial charge in [0.1, 0.15) is 0 Å². The standard InChI is InChI=1S/C14H16N2O2S/c1-14(5-2-6-19-14)8-16-9-15-11-4-3-10(13(17)18)7-12(11)16/h3-4,7,9H,2,5-6,8H2,1H3,(H,17,18). The molecule has 1 aliphatic heterocycles. The minimum absolute atomic E-state index is 0.243. The second-order valence-electron chi connectivity index (χ2n) is 5.28. The molecule has 1 fully saturated rings. The number of carbonyl (C=O) groups is 1. The average Bonchev–Trinajstić information content (AvgIpc) is 2.97. The minimum atomic E-state index is -0.892. The highest BCUT2D eigenvalue weighted by Crippen LogP contribution is 2.39. The number of thioether (sulfide) groups is 1. The average molecular weight is 276 g/mol. The Kier molecular flexibility index (Phi) is 3.01. The van der Waals surface area contributed by atoms with Gasteiger partial charge in [-0.25, -0.2) is 9.78 Å². The maximum absolute atomic E-state index is 11.1. The molecule has 5 heteroatoms. The van der Waals surface area contributed by atoms with Crippen LogP contribution < -0.4 is 0 Å². The van der Waals surface area contributed by atoms with Crippen LogP contribution in [0, 0.1) is 0 Å². The van der Waals surface area contributed by atoms with Crippen LogP contribution in [0.1, 0.15) is 30.1 Å². The van der Waals surface area contributed by atoms with Crippen LogP contribution in [0.2, 0.25) is 0 Å². The van der Waals surface area contributed by atoms with Crippen LogP contribution in [0.5, 0.6) is 0 Å². The molecule has 1 atom stereocenters. The largest absolute Gasteiger partial charge is 0.478 e. The van der Waals surface area contributed by atoms with Crippen molar-refractivity contribution in [1.29, 1.82) is 0 Å². The summed E-state index contributed by atoms with van der Waals surface area (Å²) in [6.45, 7) is 3.16. The van der Waals surface area contributed by atoms with Crippen molar-refractivity contribution >= 4 is 28.8 Å². The lowest BCUT2D eigenvalue weighted by molar-refractivity contribution is 0.0697. The van der Waals surface area contributed by atoms with Gasteiger partial charge in [-0.15, -0.1) is 0 Å². The number of imidazole rings is 1. The number of nitrogens with zero attached hydrogens (tertiary/aromatic N) is 2. The molecular formula is C14H16N2O2S. The highest BCUT2D eigenvalue weighted by molar-refractivity contribution is 8.00. The second kappa shape index (κ2) is 4.56. The Balaban J connectivity index is 1.99. The molecule has 0 radical (unpaired) electrons. The summed E-state index contributed by atoms with van der Waals surface area (Å²) in [5.41, 5.74) is 2.09. The lowest BCUT2D eigenvalue weighted by atomic mass is 10.1. The summed E-state index contributed by atoms with van der Waals surface area (Å²) < 4.78 is 2.33. The summed E-state index contributed by atoms with van der Waals surface area (Å²) in [6, 6.07) is 5.10. The molecule has 0 bridgehead atoms. The van der Waals surface area contributed by atoms with Crippen LogP contribution in [0.15, 0.2) is 24.5 Å². The predicted molar refractivity (Wildman–Crippen MR) is 76.8 cm³/mol. The third-order valence-corrected chi connectivity index (χ3v) is 5.20. The summed E-state index contributed by atoms with van der Waals surface area (Å²) in [5.74, 6) is 0.319. The normalized spacial score (nSPS) is 23.0. The summed E-state index contributed by atoms with van der Waals surface area (Å²) in [6.07, 6.45) is 4.28. The van der Waals surface area contributed by atoms with E-state index >= 15 is 0 Å². The van der Waals surface area contributed by atoms with E-state index < -0.39 is 5.97 Å². The van der Waals surface area contributed by atoms with E-state index in [1.807, 2.05) is 18.1 Å². The molecule has 1 aromatic carbocycles. The molecule has 1 saturated heterocycles. The number of aromatic carboxylic acids is 1. The maximum atomic E-state index is 11.1. The maximum Gasteiger partial charge on any atom is 0.335 e. The first-order valence-corrected chi connectivity index (χ1v) is 7.38. The monoisotopic (exact) mass is 276 g/mol. The van der Waals surface area contributed by atoms with Crippen molar-refractivity contribution in [2.45, 2.75) is 31.1 Å². The number of rotatable bonds is 3. The van der Waals surface area contributed by atoms with Gasteiger partial charge in [0.15, 0.2) is 0 Å². The second-order valence-corrected chi connectivity index (χ2v) is 6.97. The number of hydrogen-bond acceptors (Lipinski definition) is 3. The van der Waals surface area contributed by atoms with Gasteiger partial charge in [0.25, 0.3) is 0 Å². The van der Waals surface area contributed by atoms with Crippen molar-refractivity contribution in [2.75, 3.05) is 5.75 Å². The van der Waals surface area contributed by atoms with Gasteiger partial charge < -0.3 is 9.67 Å². The quantitative estimate of drug-likeness (QED) is 0.936. The number of aromatic nitrogens is 2. The zero-order valence-electron chi connectivity index (χ0n) is 10.8. The Labute approximate surface area is 115 Å². The summed E-state index contributed by atoms with van der Waals surface area (Å²) >= 11 is 2.00. The molecular weight excluding hydrogens is 260 g/mol. The van der Waals surface area contributed by atoms with Gasteiger partial charge >= 0.3 is 5.97 Å². The molecule has 2 aromatic rings. The van der Waals surface area contributed by atoms with Gasteiger partial charge in [-0.2, -0.15) is 11.8 Å². The van der Waals surface area contributed by atoms with Gasteiger partial charge in [-0.1, -0.05) is 0 Å². The van der Waals surface area contributed by atoms with Crippen LogP contribution in [0.3, 0.4) is 0 Å². The predicted octanol–water partition coefficient (Wildman–Crippen LogP) is 3.02. The molecule has 1 aliphatic rings. The molecule has 0 saturated carbocycles. The van der Waals surface area contributed by atoms with Crippen molar-refractivity contribution in [3.8, 4) is 0 Å². The molecule has 4 nitrogen and oxygen atoms in total. The number of carboxylic acid groups (broad SMARTS) is 1. The Hall–Kier alpha value is -1.49. The number of fused-ring (bicyclic) bond motifs is 1. The van der Waals surface area contributed by atoms with Crippen molar-refractivity contribution < 1.29 is 9.90 Å².